The zero-order valence-corrected chi connectivity index (χ0v) is 19.7. The van der Waals surface area contributed by atoms with Crippen LogP contribution in [0.25, 0.3) is 0 Å². The van der Waals surface area contributed by atoms with E-state index in [2.05, 4.69) is 20.6 Å². The second-order valence-electron chi connectivity index (χ2n) is 9.80. The van der Waals surface area contributed by atoms with Gasteiger partial charge in [0, 0.05) is 29.9 Å². The van der Waals surface area contributed by atoms with Gasteiger partial charge in [0.25, 0.3) is 5.92 Å². The Kier molecular flexibility index (Phi) is 8.17. The van der Waals surface area contributed by atoms with E-state index in [1.54, 1.807) is 18.5 Å². The highest BCUT2D eigenvalue weighted by Crippen LogP contribution is 2.58. The third-order valence-corrected chi connectivity index (χ3v) is 7.36. The SMILES string of the molecule is Cl.Cl.N#C[C@@H]1CC(F)(F)CN1C(=O)CNC12CC3CC(C1)CC(Nc1ncccn1)(C3)C2.O. The monoisotopic (exact) mass is 506 g/mol. The number of nitriles is 1. The molecule has 184 valence electrons. The van der Waals surface area contributed by atoms with E-state index in [1.807, 2.05) is 6.07 Å². The van der Waals surface area contributed by atoms with Crippen LogP contribution >= 0.6 is 24.8 Å². The number of alkyl halides is 2. The number of nitrogens with one attached hydrogen (secondary N) is 2. The van der Waals surface area contributed by atoms with Crippen molar-refractivity contribution < 1.29 is 19.1 Å². The van der Waals surface area contributed by atoms with Crippen molar-refractivity contribution in [1.29, 1.82) is 5.26 Å². The number of likely N-dealkylation sites (tertiary alicyclic amines) is 1. The van der Waals surface area contributed by atoms with Crippen molar-refractivity contribution in [2.24, 2.45) is 11.8 Å². The molecule has 33 heavy (non-hydrogen) atoms. The molecular weight excluding hydrogens is 477 g/mol. The lowest BCUT2D eigenvalue weighted by Crippen LogP contribution is -2.67. The molecule has 12 heteroatoms. The van der Waals surface area contributed by atoms with E-state index >= 15 is 0 Å². The highest BCUT2D eigenvalue weighted by atomic mass is 35.5. The van der Waals surface area contributed by atoms with Crippen molar-refractivity contribution in [2.75, 3.05) is 18.4 Å². The third-order valence-electron chi connectivity index (χ3n) is 7.36. The van der Waals surface area contributed by atoms with Gasteiger partial charge >= 0.3 is 0 Å². The van der Waals surface area contributed by atoms with Gasteiger partial charge in [0.15, 0.2) is 0 Å². The minimum absolute atomic E-state index is 0. The minimum atomic E-state index is -2.99. The zero-order valence-electron chi connectivity index (χ0n) is 18.1. The second-order valence-corrected chi connectivity index (χ2v) is 9.80. The summed E-state index contributed by atoms with van der Waals surface area (Å²) >= 11 is 0. The Bertz CT molecular complexity index is 873. The first-order chi connectivity index (χ1) is 14.3. The third kappa shape index (κ3) is 5.32. The molecule has 6 rings (SSSR count). The van der Waals surface area contributed by atoms with Gasteiger partial charge in [-0.3, -0.25) is 4.79 Å². The summed E-state index contributed by atoms with van der Waals surface area (Å²) < 4.78 is 27.4. The molecule has 1 saturated heterocycles. The molecule has 0 aromatic carbocycles. The first-order valence-corrected chi connectivity index (χ1v) is 10.7. The fraction of sp³-hybridized carbons (Fsp3) is 0.714. The Balaban J connectivity index is 0.00000128. The number of halogens is 4. The molecule has 2 unspecified atom stereocenters. The lowest BCUT2D eigenvalue weighted by atomic mass is 9.50. The Morgan fingerprint density at radius 3 is 2.33 bits per heavy atom. The molecule has 1 aliphatic heterocycles. The largest absolute Gasteiger partial charge is 0.412 e. The summed E-state index contributed by atoms with van der Waals surface area (Å²) in [5.41, 5.74) is -0.288. The number of nitrogens with zero attached hydrogens (tertiary/aromatic N) is 4. The number of carbonyl (C=O) groups excluding carboxylic acids is 1. The van der Waals surface area contributed by atoms with E-state index in [0.717, 1.165) is 37.0 Å². The molecule has 2 heterocycles. The molecule has 1 amide bonds. The molecule has 1 aromatic heterocycles. The summed E-state index contributed by atoms with van der Waals surface area (Å²) in [5.74, 6) is -1.65. The Labute approximate surface area is 204 Å². The zero-order chi connectivity index (χ0) is 21.0. The van der Waals surface area contributed by atoms with Gasteiger partial charge in [0.1, 0.15) is 6.04 Å². The van der Waals surface area contributed by atoms with Crippen LogP contribution in [0.4, 0.5) is 14.7 Å². The van der Waals surface area contributed by atoms with Gasteiger partial charge in [0.05, 0.1) is 19.2 Å². The highest BCUT2D eigenvalue weighted by Gasteiger charge is 2.58. The molecule has 5 aliphatic rings. The van der Waals surface area contributed by atoms with Crippen molar-refractivity contribution >= 4 is 36.7 Å². The molecule has 5 fully saturated rings. The van der Waals surface area contributed by atoms with Crippen LogP contribution in [0.3, 0.4) is 0 Å². The highest BCUT2D eigenvalue weighted by molar-refractivity contribution is 5.85. The smallest absolute Gasteiger partial charge is 0.268 e. The van der Waals surface area contributed by atoms with Gasteiger partial charge in [-0.05, 0) is 56.4 Å². The standard InChI is InChI=1S/C21H26F2N6O.2ClH.H2O/c22-21(23)9-16(10-24)29(13-21)17(30)11-27-19-5-14-4-15(6-19)8-20(7-14,12-19)28-18-25-2-1-3-26-18;;;/h1-3,14-16,27H,4-9,11-13H2,(H,25,26,28);2*1H;1H2/t14?,15?,16-,19?,20?;;;/m0.../s1. The van der Waals surface area contributed by atoms with Crippen LogP contribution in [0.1, 0.15) is 44.9 Å². The number of amides is 1. The van der Waals surface area contributed by atoms with E-state index in [1.165, 1.54) is 6.42 Å². The van der Waals surface area contributed by atoms with Crippen LogP contribution in [0.15, 0.2) is 18.5 Å². The molecule has 8 nitrogen and oxygen atoms in total. The second kappa shape index (κ2) is 9.82. The first-order valence-electron chi connectivity index (χ1n) is 10.7. The molecule has 4 saturated carbocycles. The van der Waals surface area contributed by atoms with E-state index in [0.29, 0.717) is 17.8 Å². The summed E-state index contributed by atoms with van der Waals surface area (Å²) in [6.07, 6.45) is 9.04. The van der Waals surface area contributed by atoms with E-state index in [9.17, 15) is 18.8 Å². The van der Waals surface area contributed by atoms with Gasteiger partial charge in [-0.15, -0.1) is 24.8 Å². The van der Waals surface area contributed by atoms with Gasteiger partial charge in [0.2, 0.25) is 11.9 Å². The van der Waals surface area contributed by atoms with Crippen LogP contribution in [-0.2, 0) is 4.79 Å². The lowest BCUT2D eigenvalue weighted by Gasteiger charge is -2.62. The van der Waals surface area contributed by atoms with Crippen molar-refractivity contribution in [1.82, 2.24) is 20.2 Å². The maximum Gasteiger partial charge on any atom is 0.268 e. The molecule has 4 bridgehead atoms. The van der Waals surface area contributed by atoms with Crippen LogP contribution in [0.5, 0.6) is 0 Å². The van der Waals surface area contributed by atoms with Gasteiger partial charge < -0.3 is 21.0 Å². The van der Waals surface area contributed by atoms with Gasteiger partial charge in [-0.2, -0.15) is 5.26 Å². The molecule has 4 aliphatic carbocycles. The number of hydrogen-bond acceptors (Lipinski definition) is 6. The van der Waals surface area contributed by atoms with E-state index in [4.69, 9.17) is 0 Å². The molecule has 0 spiro atoms. The summed E-state index contributed by atoms with van der Waals surface area (Å²) in [5, 5.41) is 16.2. The number of carbonyl (C=O) groups is 1. The van der Waals surface area contributed by atoms with Crippen LogP contribution in [-0.4, -0.2) is 62.4 Å². The number of hydrogen-bond donors (Lipinski definition) is 2. The summed E-state index contributed by atoms with van der Waals surface area (Å²) in [6, 6.07) is 2.59. The Hall–Kier alpha value is -1.80. The molecule has 4 N–H and O–H groups in total. The quantitative estimate of drug-likeness (QED) is 0.631. The Morgan fingerprint density at radius 2 is 1.73 bits per heavy atom. The van der Waals surface area contributed by atoms with Crippen LogP contribution in [0.2, 0.25) is 0 Å². The predicted molar refractivity (Wildman–Crippen MR) is 123 cm³/mol. The van der Waals surface area contributed by atoms with E-state index < -0.39 is 30.8 Å². The molecule has 3 atom stereocenters. The Morgan fingerprint density at radius 1 is 1.12 bits per heavy atom. The van der Waals surface area contributed by atoms with Crippen molar-refractivity contribution in [3.05, 3.63) is 18.5 Å². The van der Waals surface area contributed by atoms with Gasteiger partial charge in [-0.1, -0.05) is 0 Å². The summed E-state index contributed by atoms with van der Waals surface area (Å²) in [4.78, 5) is 22.4. The van der Waals surface area contributed by atoms with Gasteiger partial charge in [-0.25, -0.2) is 18.7 Å². The van der Waals surface area contributed by atoms with Crippen LogP contribution < -0.4 is 10.6 Å². The average molecular weight is 507 g/mol. The minimum Gasteiger partial charge on any atom is -0.412 e. The number of rotatable bonds is 5. The van der Waals surface area contributed by atoms with E-state index in [-0.39, 0.29) is 47.9 Å². The fourth-order valence-corrected chi connectivity index (χ4v) is 6.78. The maximum absolute atomic E-state index is 13.7. The maximum atomic E-state index is 13.7. The normalized spacial score (nSPS) is 34.9. The topological polar surface area (TPSA) is 125 Å². The van der Waals surface area contributed by atoms with Crippen molar-refractivity contribution in [3.8, 4) is 6.07 Å². The molecule has 1 aromatic rings. The molecular formula is C21H30Cl2F2N6O2. The number of aromatic nitrogens is 2. The first kappa shape index (κ1) is 27.4. The number of anilines is 1. The van der Waals surface area contributed by atoms with Crippen LogP contribution in [0, 0.1) is 23.2 Å². The summed E-state index contributed by atoms with van der Waals surface area (Å²) in [6.45, 7) is -0.674. The average Bonchev–Trinajstić information content (AvgIpc) is 3.00. The van der Waals surface area contributed by atoms with Crippen molar-refractivity contribution in [3.63, 3.8) is 0 Å². The predicted octanol–water partition coefficient (Wildman–Crippen LogP) is 2.35. The molecule has 0 radical (unpaired) electrons. The fourth-order valence-electron chi connectivity index (χ4n) is 6.78. The summed E-state index contributed by atoms with van der Waals surface area (Å²) in [7, 11) is 0. The van der Waals surface area contributed by atoms with Crippen molar-refractivity contribution in [2.45, 2.75) is 68.0 Å². The lowest BCUT2D eigenvalue weighted by molar-refractivity contribution is -0.132.